The van der Waals surface area contributed by atoms with Crippen LogP contribution in [0.15, 0.2) is 40.9 Å². The summed E-state index contributed by atoms with van der Waals surface area (Å²) in [6.07, 6.45) is -4.81. The van der Waals surface area contributed by atoms with Crippen LogP contribution in [0.5, 0.6) is 5.75 Å². The van der Waals surface area contributed by atoms with Crippen LogP contribution in [0.2, 0.25) is 0 Å². The molecule has 0 saturated heterocycles. The molecule has 0 amide bonds. The van der Waals surface area contributed by atoms with Crippen LogP contribution in [0.4, 0.5) is 22.0 Å². The van der Waals surface area contributed by atoms with Crippen LogP contribution < -0.4 is 4.74 Å². The molecule has 0 radical (unpaired) electrons. The highest BCUT2D eigenvalue weighted by Crippen LogP contribution is 2.31. The zero-order chi connectivity index (χ0) is 14.9. The van der Waals surface area contributed by atoms with Gasteiger partial charge in [0.1, 0.15) is 17.4 Å². The second-order valence-corrected chi connectivity index (χ2v) is 4.73. The van der Waals surface area contributed by atoms with Gasteiger partial charge < -0.3 is 4.74 Å². The van der Waals surface area contributed by atoms with Crippen molar-refractivity contribution >= 4 is 15.9 Å². The number of hydrogen-bond acceptors (Lipinski definition) is 1. The van der Waals surface area contributed by atoms with Gasteiger partial charge in [-0.25, -0.2) is 8.78 Å². The van der Waals surface area contributed by atoms with Gasteiger partial charge in [-0.1, -0.05) is 28.1 Å². The third-order valence-electron chi connectivity index (χ3n) is 2.38. The lowest BCUT2D eigenvalue weighted by molar-refractivity contribution is -0.274. The Morgan fingerprint density at radius 3 is 1.85 bits per heavy atom. The Kier molecular flexibility index (Phi) is 3.99. The third kappa shape index (κ3) is 3.47. The van der Waals surface area contributed by atoms with Gasteiger partial charge in [0.2, 0.25) is 0 Å². The smallest absolute Gasteiger partial charge is 0.406 e. The molecule has 2 rings (SSSR count). The van der Waals surface area contributed by atoms with Gasteiger partial charge in [0.05, 0.1) is 5.56 Å². The van der Waals surface area contributed by atoms with Crippen molar-refractivity contribution in [2.45, 2.75) is 6.36 Å². The topological polar surface area (TPSA) is 9.23 Å². The van der Waals surface area contributed by atoms with Crippen LogP contribution in [0.25, 0.3) is 11.1 Å². The Balaban J connectivity index is 2.36. The molecule has 0 fully saturated rings. The number of benzene rings is 2. The average molecular weight is 353 g/mol. The quantitative estimate of drug-likeness (QED) is 0.667. The normalized spacial score (nSPS) is 11.5. The van der Waals surface area contributed by atoms with Gasteiger partial charge in [-0.05, 0) is 29.8 Å². The third-order valence-corrected chi connectivity index (χ3v) is 2.84. The first-order valence-corrected chi connectivity index (χ1v) is 6.06. The largest absolute Gasteiger partial charge is 0.573 e. The fraction of sp³-hybridized carbons (Fsp3) is 0.0769. The molecule has 0 heterocycles. The van der Waals surface area contributed by atoms with Crippen molar-refractivity contribution in [1.29, 1.82) is 0 Å². The van der Waals surface area contributed by atoms with Gasteiger partial charge in [0, 0.05) is 4.47 Å². The van der Waals surface area contributed by atoms with Crippen molar-refractivity contribution in [1.82, 2.24) is 0 Å². The summed E-state index contributed by atoms with van der Waals surface area (Å²) in [4.78, 5) is 0. The molecule has 0 N–H and O–H groups in total. The van der Waals surface area contributed by atoms with Gasteiger partial charge in [0.25, 0.3) is 0 Å². The predicted octanol–water partition coefficient (Wildman–Crippen LogP) is 5.29. The van der Waals surface area contributed by atoms with Crippen LogP contribution in [0.3, 0.4) is 0 Å². The summed E-state index contributed by atoms with van der Waals surface area (Å²) >= 11 is 2.94. The first-order valence-electron chi connectivity index (χ1n) is 5.27. The Morgan fingerprint density at radius 2 is 1.40 bits per heavy atom. The molecule has 0 aliphatic rings. The van der Waals surface area contributed by atoms with Gasteiger partial charge in [-0.2, -0.15) is 0 Å². The summed E-state index contributed by atoms with van der Waals surface area (Å²) in [6.45, 7) is 0. The molecule has 0 unspecified atom stereocenters. The molecular formula is C13H6BrF5O. The minimum atomic E-state index is -4.81. The van der Waals surface area contributed by atoms with Gasteiger partial charge in [0.15, 0.2) is 0 Å². The number of hydrogen-bond donors (Lipinski definition) is 0. The van der Waals surface area contributed by atoms with E-state index in [9.17, 15) is 22.0 Å². The monoisotopic (exact) mass is 352 g/mol. The Morgan fingerprint density at radius 1 is 0.900 bits per heavy atom. The fourth-order valence-corrected chi connectivity index (χ4v) is 2.04. The molecule has 0 aliphatic heterocycles. The summed E-state index contributed by atoms with van der Waals surface area (Å²) in [6, 6.07) is 6.41. The van der Waals surface area contributed by atoms with E-state index in [1.165, 1.54) is 0 Å². The van der Waals surface area contributed by atoms with E-state index in [2.05, 4.69) is 20.7 Å². The molecular weight excluding hydrogens is 347 g/mol. The highest BCUT2D eigenvalue weighted by molar-refractivity contribution is 9.10. The van der Waals surface area contributed by atoms with Crippen molar-refractivity contribution in [2.24, 2.45) is 0 Å². The number of ether oxygens (including phenoxy) is 1. The number of halogens is 6. The lowest BCUT2D eigenvalue weighted by atomic mass is 10.0. The molecule has 0 atom stereocenters. The molecule has 7 heteroatoms. The van der Waals surface area contributed by atoms with E-state index in [1.54, 1.807) is 0 Å². The zero-order valence-electron chi connectivity index (χ0n) is 9.64. The van der Waals surface area contributed by atoms with E-state index in [0.29, 0.717) is 0 Å². The van der Waals surface area contributed by atoms with Crippen molar-refractivity contribution in [3.8, 4) is 16.9 Å². The molecule has 0 saturated carbocycles. The molecule has 1 nitrogen and oxygen atoms in total. The molecule has 20 heavy (non-hydrogen) atoms. The molecule has 106 valence electrons. The van der Waals surface area contributed by atoms with Crippen LogP contribution >= 0.6 is 15.9 Å². The number of rotatable bonds is 2. The highest BCUT2D eigenvalue weighted by Gasteiger charge is 2.31. The maximum Gasteiger partial charge on any atom is 0.573 e. The molecule has 0 aliphatic carbocycles. The van der Waals surface area contributed by atoms with Crippen molar-refractivity contribution < 1.29 is 26.7 Å². The Bertz CT molecular complexity index is 599. The minimum absolute atomic E-state index is 0.113. The predicted molar refractivity (Wildman–Crippen MR) is 66.2 cm³/mol. The molecule has 0 bridgehead atoms. The standard InChI is InChI=1S/C13H6BrF5O/c14-8-5-10(15)12(11(16)6-8)7-1-3-9(4-2-7)20-13(17,18)19/h1-6H. The first-order chi connectivity index (χ1) is 9.26. The zero-order valence-corrected chi connectivity index (χ0v) is 11.2. The summed E-state index contributed by atoms with van der Waals surface area (Å²) < 4.78 is 67.3. The fourth-order valence-electron chi connectivity index (χ4n) is 1.64. The minimum Gasteiger partial charge on any atom is -0.406 e. The van der Waals surface area contributed by atoms with Crippen LogP contribution in [-0.2, 0) is 0 Å². The van der Waals surface area contributed by atoms with E-state index >= 15 is 0 Å². The maximum absolute atomic E-state index is 13.7. The summed E-state index contributed by atoms with van der Waals surface area (Å²) in [5.74, 6) is -2.10. The summed E-state index contributed by atoms with van der Waals surface area (Å²) in [5.41, 5.74) is -0.200. The van der Waals surface area contributed by atoms with Gasteiger partial charge in [-0.15, -0.1) is 13.2 Å². The highest BCUT2D eigenvalue weighted by atomic mass is 79.9. The average Bonchev–Trinajstić information content (AvgIpc) is 2.28. The first kappa shape index (κ1) is 14.8. The Labute approximate surface area is 119 Å². The van der Waals surface area contributed by atoms with Crippen molar-refractivity contribution in [2.75, 3.05) is 0 Å². The van der Waals surface area contributed by atoms with Gasteiger partial charge >= 0.3 is 6.36 Å². The van der Waals surface area contributed by atoms with E-state index < -0.39 is 23.7 Å². The van der Waals surface area contributed by atoms with E-state index in [-0.39, 0.29) is 15.6 Å². The van der Waals surface area contributed by atoms with E-state index in [0.717, 1.165) is 36.4 Å². The van der Waals surface area contributed by atoms with Crippen molar-refractivity contribution in [3.05, 3.63) is 52.5 Å². The van der Waals surface area contributed by atoms with Gasteiger partial charge in [-0.3, -0.25) is 0 Å². The number of alkyl halides is 3. The van der Waals surface area contributed by atoms with Crippen molar-refractivity contribution in [3.63, 3.8) is 0 Å². The summed E-state index contributed by atoms with van der Waals surface area (Å²) in [5, 5.41) is 0. The summed E-state index contributed by atoms with van der Waals surface area (Å²) in [7, 11) is 0. The molecule has 2 aromatic rings. The van der Waals surface area contributed by atoms with E-state index in [1.807, 2.05) is 0 Å². The second-order valence-electron chi connectivity index (χ2n) is 3.82. The van der Waals surface area contributed by atoms with E-state index in [4.69, 9.17) is 0 Å². The lowest BCUT2D eigenvalue weighted by Crippen LogP contribution is -2.16. The molecule has 0 spiro atoms. The van der Waals surface area contributed by atoms with Crippen LogP contribution in [0.1, 0.15) is 0 Å². The van der Waals surface area contributed by atoms with Crippen LogP contribution in [-0.4, -0.2) is 6.36 Å². The lowest BCUT2D eigenvalue weighted by Gasteiger charge is -2.10. The van der Waals surface area contributed by atoms with Crippen LogP contribution in [0, 0.1) is 11.6 Å². The SMILES string of the molecule is Fc1cc(Br)cc(F)c1-c1ccc(OC(F)(F)F)cc1. The second kappa shape index (κ2) is 5.40. The maximum atomic E-state index is 13.7. The Hall–Kier alpha value is -1.63. The molecule has 2 aromatic carbocycles. The molecule has 0 aromatic heterocycles.